The first-order chi connectivity index (χ1) is 9.19. The van der Waals surface area contributed by atoms with Crippen molar-refractivity contribution in [2.45, 2.75) is 25.5 Å². The molecule has 1 aromatic rings. The molecule has 100 valence electrons. The Hall–Kier alpha value is -2.10. The maximum absolute atomic E-state index is 11.6. The number of ether oxygens (including phenoxy) is 1. The van der Waals surface area contributed by atoms with Crippen molar-refractivity contribution in [3.63, 3.8) is 0 Å². The number of nitrogens with one attached hydrogen (secondary N) is 1. The second kappa shape index (κ2) is 6.18. The molecule has 0 aliphatic heterocycles. The third-order valence-electron chi connectivity index (χ3n) is 3.23. The number of benzene rings is 1. The highest BCUT2D eigenvalue weighted by Crippen LogP contribution is 2.23. The van der Waals surface area contributed by atoms with Gasteiger partial charge in [-0.1, -0.05) is 36.4 Å². The molecule has 1 fully saturated rings. The van der Waals surface area contributed by atoms with Gasteiger partial charge in [0.05, 0.1) is 6.04 Å². The van der Waals surface area contributed by atoms with Crippen LogP contribution in [0.15, 0.2) is 43.0 Å². The van der Waals surface area contributed by atoms with Crippen molar-refractivity contribution in [1.82, 2.24) is 5.32 Å². The van der Waals surface area contributed by atoms with Crippen LogP contribution in [0.2, 0.25) is 0 Å². The molecule has 4 nitrogen and oxygen atoms in total. The lowest BCUT2D eigenvalue weighted by Gasteiger charge is -2.11. The molecule has 0 heterocycles. The second-order valence-corrected chi connectivity index (χ2v) is 4.66. The highest BCUT2D eigenvalue weighted by Gasteiger charge is 2.32. The van der Waals surface area contributed by atoms with Crippen LogP contribution >= 0.6 is 0 Å². The summed E-state index contributed by atoms with van der Waals surface area (Å²) in [5, 5.41) is 2.60. The molecule has 1 amide bonds. The van der Waals surface area contributed by atoms with Crippen LogP contribution in [0.3, 0.4) is 0 Å². The average Bonchev–Trinajstić information content (AvgIpc) is 2.78. The first kappa shape index (κ1) is 13.3. The van der Waals surface area contributed by atoms with Gasteiger partial charge in [0, 0.05) is 6.42 Å². The van der Waals surface area contributed by atoms with Crippen molar-refractivity contribution < 1.29 is 14.3 Å². The van der Waals surface area contributed by atoms with Gasteiger partial charge in [-0.3, -0.25) is 4.79 Å². The van der Waals surface area contributed by atoms with Crippen LogP contribution in [0.25, 0.3) is 0 Å². The Bertz CT molecular complexity index is 470. The summed E-state index contributed by atoms with van der Waals surface area (Å²) in [5.74, 6) is 0.202. The molecule has 0 bridgehead atoms. The number of hydrogen-bond donors (Lipinski definition) is 1. The minimum Gasteiger partial charge on any atom is -0.445 e. The fourth-order valence-electron chi connectivity index (χ4n) is 2.14. The molecule has 2 rings (SSSR count). The number of ketones is 1. The molecule has 0 aromatic heterocycles. The van der Waals surface area contributed by atoms with E-state index in [1.165, 1.54) is 0 Å². The quantitative estimate of drug-likeness (QED) is 0.845. The van der Waals surface area contributed by atoms with Gasteiger partial charge in [-0.15, -0.1) is 6.58 Å². The van der Waals surface area contributed by atoms with Crippen molar-refractivity contribution in [1.29, 1.82) is 0 Å². The number of carbonyl (C=O) groups excluding carboxylic acids is 2. The van der Waals surface area contributed by atoms with E-state index >= 15 is 0 Å². The summed E-state index contributed by atoms with van der Waals surface area (Å²) in [6.45, 7) is 3.88. The molecule has 1 aliphatic rings. The van der Waals surface area contributed by atoms with E-state index in [1.54, 1.807) is 6.08 Å². The van der Waals surface area contributed by atoms with E-state index in [1.807, 2.05) is 30.3 Å². The molecular formula is C15H17NO3. The summed E-state index contributed by atoms with van der Waals surface area (Å²) in [6.07, 6.45) is 2.28. The monoisotopic (exact) mass is 259 g/mol. The van der Waals surface area contributed by atoms with Crippen LogP contribution in [-0.4, -0.2) is 17.9 Å². The predicted octanol–water partition coefficient (Wildman–Crippen LogP) is 2.45. The number of hydrogen-bond acceptors (Lipinski definition) is 3. The molecule has 0 saturated heterocycles. The predicted molar refractivity (Wildman–Crippen MR) is 71.5 cm³/mol. The zero-order valence-corrected chi connectivity index (χ0v) is 10.7. The molecule has 1 aromatic carbocycles. The van der Waals surface area contributed by atoms with Gasteiger partial charge in [0.2, 0.25) is 0 Å². The summed E-state index contributed by atoms with van der Waals surface area (Å²) < 4.78 is 5.08. The molecule has 0 radical (unpaired) electrons. The summed E-state index contributed by atoms with van der Waals surface area (Å²) in [6, 6.07) is 8.98. The zero-order chi connectivity index (χ0) is 13.7. The van der Waals surface area contributed by atoms with E-state index < -0.39 is 12.1 Å². The number of alkyl carbamates (subject to hydrolysis) is 1. The molecule has 2 atom stereocenters. The van der Waals surface area contributed by atoms with Gasteiger partial charge < -0.3 is 10.1 Å². The number of rotatable bonds is 4. The van der Waals surface area contributed by atoms with Gasteiger partial charge >= 0.3 is 6.09 Å². The van der Waals surface area contributed by atoms with Crippen LogP contribution < -0.4 is 5.32 Å². The van der Waals surface area contributed by atoms with Gasteiger partial charge in [0.15, 0.2) is 5.78 Å². The third-order valence-corrected chi connectivity index (χ3v) is 3.23. The highest BCUT2D eigenvalue weighted by molar-refractivity contribution is 5.89. The van der Waals surface area contributed by atoms with E-state index in [9.17, 15) is 9.59 Å². The lowest BCUT2D eigenvalue weighted by molar-refractivity contribution is -0.119. The van der Waals surface area contributed by atoms with Crippen LogP contribution in [0.5, 0.6) is 0 Å². The minimum absolute atomic E-state index is 0.0431. The second-order valence-electron chi connectivity index (χ2n) is 4.66. The Balaban J connectivity index is 1.79. The minimum atomic E-state index is -0.549. The molecule has 0 spiro atoms. The lowest BCUT2D eigenvalue weighted by Crippen LogP contribution is -2.37. The fourth-order valence-corrected chi connectivity index (χ4v) is 2.14. The maximum Gasteiger partial charge on any atom is 0.408 e. The SMILES string of the molecule is C=CC1CC(=O)C(NC(=O)OCc2ccccc2)C1. The molecule has 1 N–H and O–H groups in total. The first-order valence-electron chi connectivity index (χ1n) is 6.31. The molecule has 2 unspecified atom stereocenters. The van der Waals surface area contributed by atoms with E-state index in [0.29, 0.717) is 12.8 Å². The first-order valence-corrected chi connectivity index (χ1v) is 6.31. The standard InChI is InChI=1S/C15H17NO3/c1-2-11-8-13(14(17)9-11)16-15(18)19-10-12-6-4-3-5-7-12/h2-7,11,13H,1,8-10H2,(H,16,18). The number of allylic oxidation sites excluding steroid dienone is 1. The van der Waals surface area contributed by atoms with Crippen LogP contribution in [0.1, 0.15) is 18.4 Å². The van der Waals surface area contributed by atoms with Gasteiger partial charge in [0.1, 0.15) is 6.61 Å². The van der Waals surface area contributed by atoms with Gasteiger partial charge in [0.25, 0.3) is 0 Å². The van der Waals surface area contributed by atoms with Crippen LogP contribution in [0.4, 0.5) is 4.79 Å². The van der Waals surface area contributed by atoms with Crippen LogP contribution in [0, 0.1) is 5.92 Å². The van der Waals surface area contributed by atoms with Crippen molar-refractivity contribution >= 4 is 11.9 Å². The molecule has 4 heteroatoms. The zero-order valence-electron chi connectivity index (χ0n) is 10.7. The topological polar surface area (TPSA) is 55.4 Å². The molecular weight excluding hydrogens is 242 g/mol. The van der Waals surface area contributed by atoms with Crippen molar-refractivity contribution in [3.05, 3.63) is 48.6 Å². The largest absolute Gasteiger partial charge is 0.445 e. The van der Waals surface area contributed by atoms with Crippen molar-refractivity contribution in [2.24, 2.45) is 5.92 Å². The summed E-state index contributed by atoms with van der Waals surface area (Å²) >= 11 is 0. The summed E-state index contributed by atoms with van der Waals surface area (Å²) in [7, 11) is 0. The molecule has 1 saturated carbocycles. The van der Waals surface area contributed by atoms with E-state index in [-0.39, 0.29) is 18.3 Å². The van der Waals surface area contributed by atoms with E-state index in [0.717, 1.165) is 5.56 Å². The fraction of sp³-hybridized carbons (Fsp3) is 0.333. The lowest BCUT2D eigenvalue weighted by atomic mass is 10.1. The smallest absolute Gasteiger partial charge is 0.408 e. The Morgan fingerprint density at radius 2 is 2.16 bits per heavy atom. The number of carbonyl (C=O) groups is 2. The third kappa shape index (κ3) is 3.68. The average molecular weight is 259 g/mol. The van der Waals surface area contributed by atoms with Crippen molar-refractivity contribution in [2.75, 3.05) is 0 Å². The van der Waals surface area contributed by atoms with Gasteiger partial charge in [-0.05, 0) is 17.9 Å². The Morgan fingerprint density at radius 1 is 1.42 bits per heavy atom. The van der Waals surface area contributed by atoms with Crippen LogP contribution in [-0.2, 0) is 16.1 Å². The highest BCUT2D eigenvalue weighted by atomic mass is 16.5. The normalized spacial score (nSPS) is 22.0. The summed E-state index contributed by atoms with van der Waals surface area (Å²) in [5.41, 5.74) is 0.916. The van der Waals surface area contributed by atoms with Crippen molar-refractivity contribution in [3.8, 4) is 0 Å². The Kier molecular flexibility index (Phi) is 4.34. The van der Waals surface area contributed by atoms with Gasteiger partial charge in [-0.2, -0.15) is 0 Å². The van der Waals surface area contributed by atoms with E-state index in [2.05, 4.69) is 11.9 Å². The summed E-state index contributed by atoms with van der Waals surface area (Å²) in [4.78, 5) is 23.2. The number of Topliss-reactive ketones (excluding diaryl/α,β-unsaturated/α-hetero) is 1. The van der Waals surface area contributed by atoms with E-state index in [4.69, 9.17) is 4.74 Å². The molecule has 1 aliphatic carbocycles. The molecule has 19 heavy (non-hydrogen) atoms. The Labute approximate surface area is 112 Å². The van der Waals surface area contributed by atoms with Gasteiger partial charge in [-0.25, -0.2) is 4.79 Å². The Morgan fingerprint density at radius 3 is 2.79 bits per heavy atom. The number of amides is 1. The maximum atomic E-state index is 11.6.